The lowest BCUT2D eigenvalue weighted by atomic mass is 9.77. The normalized spacial score (nSPS) is 12.2. The van der Waals surface area contributed by atoms with E-state index in [9.17, 15) is 20.2 Å². The number of para-hydroxylation sites is 2. The largest absolute Gasteiger partial charge is 0.470 e. The summed E-state index contributed by atoms with van der Waals surface area (Å²) < 4.78 is 8.46. The summed E-state index contributed by atoms with van der Waals surface area (Å²) >= 11 is 1.20. The minimum Gasteiger partial charge on any atom is -0.464 e. The lowest BCUT2D eigenvalue weighted by Crippen LogP contribution is -2.42. The van der Waals surface area contributed by atoms with Crippen LogP contribution in [0.5, 0.6) is 0 Å². The molecule has 0 bridgehead atoms. The molecule has 3 rings (SSSR count). The highest BCUT2D eigenvalue weighted by Crippen LogP contribution is 2.24. The number of nitrogens with one attached hydrogen (secondary N) is 1. The lowest BCUT2D eigenvalue weighted by Gasteiger charge is -2.16. The smallest absolute Gasteiger partial charge is 0.464 e. The summed E-state index contributed by atoms with van der Waals surface area (Å²) in [6.45, 7) is 0. The van der Waals surface area contributed by atoms with Crippen LogP contribution in [0, 0.1) is 10.1 Å². The SMILES string of the molecule is O=[N+]([O-])c1ccccc1CSNC(Cc1coc2ccccc12)B(O)O. The van der Waals surface area contributed by atoms with Gasteiger partial charge in [0.15, 0.2) is 0 Å². The fourth-order valence-electron chi connectivity index (χ4n) is 2.67. The van der Waals surface area contributed by atoms with Crippen molar-refractivity contribution in [2.24, 2.45) is 0 Å². The summed E-state index contributed by atoms with van der Waals surface area (Å²) in [6.07, 6.45) is 1.95. The summed E-state index contributed by atoms with van der Waals surface area (Å²) in [4.78, 5) is 10.6. The third-order valence-electron chi connectivity index (χ3n) is 4.01. The average molecular weight is 372 g/mol. The molecule has 0 aliphatic rings. The van der Waals surface area contributed by atoms with Gasteiger partial charge in [-0.25, -0.2) is 0 Å². The van der Waals surface area contributed by atoms with Gasteiger partial charge in [-0.15, -0.1) is 0 Å². The maximum atomic E-state index is 11.0. The summed E-state index contributed by atoms with van der Waals surface area (Å²) in [7, 11) is -1.58. The van der Waals surface area contributed by atoms with E-state index in [1.54, 1.807) is 24.5 Å². The molecule has 3 N–H and O–H groups in total. The van der Waals surface area contributed by atoms with E-state index >= 15 is 0 Å². The van der Waals surface area contributed by atoms with Gasteiger partial charge in [-0.05, 0) is 18.1 Å². The molecular weight excluding hydrogens is 355 g/mol. The van der Waals surface area contributed by atoms with Crippen LogP contribution in [-0.4, -0.2) is 28.0 Å². The summed E-state index contributed by atoms with van der Waals surface area (Å²) in [5, 5.41) is 31.3. The number of hydrogen-bond acceptors (Lipinski definition) is 7. The van der Waals surface area contributed by atoms with E-state index in [1.165, 1.54) is 18.0 Å². The molecule has 0 spiro atoms. The van der Waals surface area contributed by atoms with Gasteiger partial charge in [0.25, 0.3) is 5.69 Å². The zero-order valence-corrected chi connectivity index (χ0v) is 14.6. The van der Waals surface area contributed by atoms with Crippen LogP contribution in [0.1, 0.15) is 11.1 Å². The molecule has 0 radical (unpaired) electrons. The Labute approximate surface area is 154 Å². The van der Waals surface area contributed by atoms with Crippen LogP contribution in [0.25, 0.3) is 11.0 Å². The molecule has 0 saturated heterocycles. The third kappa shape index (κ3) is 4.25. The molecule has 0 saturated carbocycles. The number of hydrogen-bond donors (Lipinski definition) is 3. The van der Waals surface area contributed by atoms with E-state index in [0.717, 1.165) is 16.5 Å². The molecular formula is C17H17BN2O5S. The predicted octanol–water partition coefficient (Wildman–Crippen LogP) is 2.70. The van der Waals surface area contributed by atoms with Gasteiger partial charge in [-0.2, -0.15) is 0 Å². The van der Waals surface area contributed by atoms with Crippen molar-refractivity contribution < 1.29 is 19.4 Å². The first-order valence-corrected chi connectivity index (χ1v) is 8.95. The highest BCUT2D eigenvalue weighted by atomic mass is 32.2. The molecule has 7 nitrogen and oxygen atoms in total. The second kappa shape index (κ2) is 8.37. The first kappa shape index (κ1) is 18.5. The Hall–Kier alpha value is -2.33. The maximum Gasteiger partial charge on any atom is 0.470 e. The highest BCUT2D eigenvalue weighted by Gasteiger charge is 2.25. The molecule has 0 aliphatic heterocycles. The Morgan fingerprint density at radius 2 is 1.88 bits per heavy atom. The van der Waals surface area contributed by atoms with Gasteiger partial charge in [0.05, 0.1) is 17.1 Å². The van der Waals surface area contributed by atoms with Crippen LogP contribution in [0.15, 0.2) is 59.2 Å². The molecule has 0 amide bonds. The van der Waals surface area contributed by atoms with Crippen LogP contribution >= 0.6 is 11.9 Å². The van der Waals surface area contributed by atoms with Gasteiger partial charge in [0.1, 0.15) is 5.58 Å². The molecule has 3 aromatic rings. The molecule has 134 valence electrons. The summed E-state index contributed by atoms with van der Waals surface area (Å²) in [5.41, 5.74) is 2.21. The Kier molecular flexibility index (Phi) is 5.94. The summed E-state index contributed by atoms with van der Waals surface area (Å²) in [6, 6.07) is 14.0. The van der Waals surface area contributed by atoms with Crippen molar-refractivity contribution in [2.75, 3.05) is 0 Å². The Morgan fingerprint density at radius 1 is 1.15 bits per heavy atom. The zero-order valence-electron chi connectivity index (χ0n) is 13.7. The van der Waals surface area contributed by atoms with Gasteiger partial charge in [0.2, 0.25) is 0 Å². The fourth-order valence-corrected chi connectivity index (χ4v) is 3.58. The lowest BCUT2D eigenvalue weighted by molar-refractivity contribution is -0.385. The zero-order chi connectivity index (χ0) is 18.5. The van der Waals surface area contributed by atoms with Gasteiger partial charge in [-0.1, -0.05) is 48.3 Å². The minimum atomic E-state index is -1.58. The first-order chi connectivity index (χ1) is 12.6. The Morgan fingerprint density at radius 3 is 2.65 bits per heavy atom. The number of rotatable bonds is 8. The van der Waals surface area contributed by atoms with E-state index < -0.39 is 18.0 Å². The van der Waals surface area contributed by atoms with Crippen LogP contribution in [0.2, 0.25) is 0 Å². The Balaban J connectivity index is 1.65. The van der Waals surface area contributed by atoms with Gasteiger partial charge in [0, 0.05) is 22.8 Å². The van der Waals surface area contributed by atoms with E-state index in [4.69, 9.17) is 4.42 Å². The fraction of sp³-hybridized carbons (Fsp3) is 0.176. The molecule has 26 heavy (non-hydrogen) atoms. The van der Waals surface area contributed by atoms with Gasteiger partial charge >= 0.3 is 7.12 Å². The van der Waals surface area contributed by atoms with Crippen LogP contribution in [-0.2, 0) is 12.2 Å². The van der Waals surface area contributed by atoms with Crippen molar-refractivity contribution in [2.45, 2.75) is 18.1 Å². The average Bonchev–Trinajstić information content (AvgIpc) is 3.04. The van der Waals surface area contributed by atoms with Crippen LogP contribution < -0.4 is 4.72 Å². The quantitative estimate of drug-likeness (QED) is 0.241. The standard InChI is InChI=1S/C17H17BN2O5S/c21-18(22)17(9-13-10-25-16-8-4-2-6-14(13)16)19-26-11-12-5-1-3-7-15(12)20(23)24/h1-8,10,17,19,21-22H,9,11H2. The first-order valence-electron chi connectivity index (χ1n) is 7.97. The molecule has 9 heteroatoms. The Bertz CT molecular complexity index is 902. The van der Waals surface area contributed by atoms with Crippen molar-refractivity contribution in [3.05, 3.63) is 76.0 Å². The van der Waals surface area contributed by atoms with Crippen molar-refractivity contribution in [1.29, 1.82) is 0 Å². The number of nitro benzene ring substituents is 1. The van der Waals surface area contributed by atoms with Crippen molar-refractivity contribution in [3.63, 3.8) is 0 Å². The number of nitrogens with zero attached hydrogens (tertiary/aromatic N) is 1. The van der Waals surface area contributed by atoms with Gasteiger partial charge in [-0.3, -0.25) is 14.8 Å². The third-order valence-corrected chi connectivity index (χ3v) is 4.94. The predicted molar refractivity (Wildman–Crippen MR) is 101 cm³/mol. The van der Waals surface area contributed by atoms with Crippen molar-refractivity contribution in [1.82, 2.24) is 4.72 Å². The number of furan rings is 1. The molecule has 1 heterocycles. The molecule has 1 unspecified atom stereocenters. The molecule has 0 aliphatic carbocycles. The van der Waals surface area contributed by atoms with Crippen LogP contribution in [0.3, 0.4) is 0 Å². The molecule has 0 fully saturated rings. The van der Waals surface area contributed by atoms with E-state index in [2.05, 4.69) is 4.72 Å². The van der Waals surface area contributed by atoms with Crippen LogP contribution in [0.4, 0.5) is 5.69 Å². The van der Waals surface area contributed by atoms with Crippen molar-refractivity contribution >= 4 is 35.7 Å². The summed E-state index contributed by atoms with van der Waals surface area (Å²) in [5.74, 6) is -0.323. The van der Waals surface area contributed by atoms with Gasteiger partial charge < -0.3 is 14.5 Å². The van der Waals surface area contributed by atoms with E-state index in [-0.39, 0.29) is 5.69 Å². The number of nitro groups is 1. The number of benzene rings is 2. The minimum absolute atomic E-state index is 0.0451. The molecule has 2 aromatic carbocycles. The molecule has 1 aromatic heterocycles. The topological polar surface area (TPSA) is 109 Å². The van der Waals surface area contributed by atoms with E-state index in [0.29, 0.717) is 17.7 Å². The second-order valence-electron chi connectivity index (χ2n) is 5.77. The second-order valence-corrected chi connectivity index (χ2v) is 6.59. The van der Waals surface area contributed by atoms with E-state index in [1.807, 2.05) is 24.3 Å². The van der Waals surface area contributed by atoms with Crippen molar-refractivity contribution in [3.8, 4) is 0 Å². The highest BCUT2D eigenvalue weighted by molar-refractivity contribution is 7.96. The maximum absolute atomic E-state index is 11.0. The molecule has 1 atom stereocenters. The number of fused-ring (bicyclic) bond motifs is 1. The monoisotopic (exact) mass is 372 g/mol.